The lowest BCUT2D eigenvalue weighted by Crippen LogP contribution is -2.15. The third-order valence-corrected chi connectivity index (χ3v) is 4.81. The van der Waals surface area contributed by atoms with E-state index in [0.29, 0.717) is 17.1 Å². The minimum absolute atomic E-state index is 0.299. The summed E-state index contributed by atoms with van der Waals surface area (Å²) in [5.74, 6) is 1.49. The molecule has 1 aliphatic rings. The number of hydrogen-bond donors (Lipinski definition) is 1. The molecule has 0 saturated carbocycles. The predicted molar refractivity (Wildman–Crippen MR) is 74.2 cm³/mol. The van der Waals surface area contributed by atoms with E-state index in [1.807, 2.05) is 24.3 Å². The van der Waals surface area contributed by atoms with Gasteiger partial charge in [0.15, 0.2) is 0 Å². The molecule has 0 bridgehead atoms. The molecule has 0 amide bonds. The lowest BCUT2D eigenvalue weighted by atomic mass is 10.1. The molecule has 0 spiro atoms. The molecular weight excluding hydrogens is 248 g/mol. The zero-order valence-corrected chi connectivity index (χ0v) is 11.7. The molecule has 100 valence electrons. The van der Waals surface area contributed by atoms with Crippen molar-refractivity contribution in [2.75, 3.05) is 19.5 Å². The number of thioether (sulfide) groups is 1. The normalized spacial score (nSPS) is 25.1. The zero-order valence-electron chi connectivity index (χ0n) is 10.8. The number of ether oxygens (including phenoxy) is 2. The van der Waals surface area contributed by atoms with Crippen LogP contribution in [-0.2, 0) is 4.74 Å². The summed E-state index contributed by atoms with van der Waals surface area (Å²) >= 11 is 1.79. The van der Waals surface area contributed by atoms with Gasteiger partial charge in [-0.3, -0.25) is 0 Å². The molecule has 0 radical (unpaired) electrons. The lowest BCUT2D eigenvalue weighted by molar-refractivity contribution is 0.127. The van der Waals surface area contributed by atoms with Gasteiger partial charge in [0.2, 0.25) is 0 Å². The van der Waals surface area contributed by atoms with Crippen molar-refractivity contribution >= 4 is 11.8 Å². The molecule has 1 aliphatic heterocycles. The first-order chi connectivity index (χ1) is 8.70. The molecule has 3 unspecified atom stereocenters. The summed E-state index contributed by atoms with van der Waals surface area (Å²) in [4.78, 5) is 0. The molecule has 3 nitrogen and oxygen atoms in total. The SMILES string of the molecule is COc1cccc(C(O)CSC2CCOC2C)c1. The van der Waals surface area contributed by atoms with E-state index < -0.39 is 6.10 Å². The zero-order chi connectivity index (χ0) is 13.0. The van der Waals surface area contributed by atoms with E-state index in [4.69, 9.17) is 9.47 Å². The summed E-state index contributed by atoms with van der Waals surface area (Å²) in [5, 5.41) is 10.7. The van der Waals surface area contributed by atoms with Crippen LogP contribution in [0.3, 0.4) is 0 Å². The molecule has 2 rings (SSSR count). The molecule has 1 saturated heterocycles. The highest BCUT2D eigenvalue weighted by atomic mass is 32.2. The number of benzene rings is 1. The van der Waals surface area contributed by atoms with Crippen molar-refractivity contribution in [1.29, 1.82) is 0 Å². The van der Waals surface area contributed by atoms with Crippen LogP contribution < -0.4 is 4.74 Å². The molecule has 1 fully saturated rings. The van der Waals surface area contributed by atoms with Crippen LogP contribution in [0.25, 0.3) is 0 Å². The predicted octanol–water partition coefficient (Wildman–Crippen LogP) is 2.64. The van der Waals surface area contributed by atoms with E-state index in [-0.39, 0.29) is 0 Å². The molecule has 1 aromatic carbocycles. The highest BCUT2D eigenvalue weighted by Crippen LogP contribution is 2.30. The van der Waals surface area contributed by atoms with E-state index in [1.54, 1.807) is 18.9 Å². The summed E-state index contributed by atoms with van der Waals surface area (Å²) in [7, 11) is 1.64. The molecule has 4 heteroatoms. The standard InChI is InChI=1S/C14H20O3S/c1-10-14(6-7-17-10)18-9-13(15)11-4-3-5-12(8-11)16-2/h3-5,8,10,13-15H,6-7,9H2,1-2H3. The van der Waals surface area contributed by atoms with E-state index in [2.05, 4.69) is 6.92 Å². The fourth-order valence-electron chi connectivity index (χ4n) is 2.09. The molecule has 18 heavy (non-hydrogen) atoms. The maximum atomic E-state index is 10.2. The minimum atomic E-state index is -0.446. The molecular formula is C14H20O3S. The van der Waals surface area contributed by atoms with Crippen LogP contribution in [0.5, 0.6) is 5.75 Å². The minimum Gasteiger partial charge on any atom is -0.497 e. The van der Waals surface area contributed by atoms with Crippen molar-refractivity contribution in [1.82, 2.24) is 0 Å². The number of aliphatic hydroxyl groups is 1. The van der Waals surface area contributed by atoms with E-state index in [1.165, 1.54) is 0 Å². The van der Waals surface area contributed by atoms with E-state index in [9.17, 15) is 5.11 Å². The fourth-order valence-corrected chi connectivity index (χ4v) is 3.33. The Morgan fingerprint density at radius 1 is 1.56 bits per heavy atom. The number of hydrogen-bond acceptors (Lipinski definition) is 4. The Kier molecular flexibility index (Phi) is 4.92. The van der Waals surface area contributed by atoms with Gasteiger partial charge >= 0.3 is 0 Å². The van der Waals surface area contributed by atoms with Crippen LogP contribution in [0.15, 0.2) is 24.3 Å². The van der Waals surface area contributed by atoms with Crippen LogP contribution in [-0.4, -0.2) is 35.9 Å². The summed E-state index contributed by atoms with van der Waals surface area (Å²) in [6, 6.07) is 7.61. The summed E-state index contributed by atoms with van der Waals surface area (Å²) in [6.07, 6.45) is 0.932. The van der Waals surface area contributed by atoms with Crippen molar-refractivity contribution in [2.24, 2.45) is 0 Å². The largest absolute Gasteiger partial charge is 0.497 e. The lowest BCUT2D eigenvalue weighted by Gasteiger charge is -2.17. The number of methoxy groups -OCH3 is 1. The highest BCUT2D eigenvalue weighted by molar-refractivity contribution is 8.00. The van der Waals surface area contributed by atoms with Crippen molar-refractivity contribution < 1.29 is 14.6 Å². The van der Waals surface area contributed by atoms with Crippen LogP contribution >= 0.6 is 11.8 Å². The van der Waals surface area contributed by atoms with Gasteiger partial charge in [0.05, 0.1) is 19.3 Å². The van der Waals surface area contributed by atoms with Crippen molar-refractivity contribution in [3.8, 4) is 5.75 Å². The number of rotatable bonds is 5. The third kappa shape index (κ3) is 3.40. The Balaban J connectivity index is 1.88. The van der Waals surface area contributed by atoms with E-state index >= 15 is 0 Å². The second kappa shape index (κ2) is 6.45. The average molecular weight is 268 g/mol. The van der Waals surface area contributed by atoms with Gasteiger partial charge in [0, 0.05) is 17.6 Å². The van der Waals surface area contributed by atoms with Gasteiger partial charge in [-0.1, -0.05) is 12.1 Å². The van der Waals surface area contributed by atoms with Crippen molar-refractivity contribution in [3.63, 3.8) is 0 Å². The Morgan fingerprint density at radius 3 is 3.06 bits per heavy atom. The second-order valence-electron chi connectivity index (χ2n) is 4.53. The van der Waals surface area contributed by atoms with Gasteiger partial charge in [-0.05, 0) is 31.0 Å². The van der Waals surface area contributed by atoms with Crippen LogP contribution in [0.2, 0.25) is 0 Å². The maximum Gasteiger partial charge on any atom is 0.119 e. The average Bonchev–Trinajstić information content (AvgIpc) is 2.81. The summed E-state index contributed by atoms with van der Waals surface area (Å²) < 4.78 is 10.7. The van der Waals surface area contributed by atoms with Crippen molar-refractivity contribution in [2.45, 2.75) is 30.8 Å². The first-order valence-corrected chi connectivity index (χ1v) is 7.31. The van der Waals surface area contributed by atoms with Crippen LogP contribution in [0.4, 0.5) is 0 Å². The van der Waals surface area contributed by atoms with Crippen molar-refractivity contribution in [3.05, 3.63) is 29.8 Å². The Morgan fingerprint density at radius 2 is 2.39 bits per heavy atom. The molecule has 1 aromatic rings. The quantitative estimate of drug-likeness (QED) is 0.891. The van der Waals surface area contributed by atoms with Gasteiger partial charge in [0.25, 0.3) is 0 Å². The smallest absolute Gasteiger partial charge is 0.119 e. The van der Waals surface area contributed by atoms with Gasteiger partial charge in [-0.15, -0.1) is 0 Å². The Bertz CT molecular complexity index is 383. The van der Waals surface area contributed by atoms with Gasteiger partial charge in [-0.2, -0.15) is 11.8 Å². The topological polar surface area (TPSA) is 38.7 Å². The first-order valence-electron chi connectivity index (χ1n) is 6.26. The maximum absolute atomic E-state index is 10.2. The molecule has 1 heterocycles. The molecule has 0 aromatic heterocycles. The molecule has 3 atom stereocenters. The van der Waals surface area contributed by atoms with Crippen LogP contribution in [0, 0.1) is 0 Å². The monoisotopic (exact) mass is 268 g/mol. The summed E-state index contributed by atoms with van der Waals surface area (Å²) in [6.45, 7) is 2.94. The van der Waals surface area contributed by atoms with Crippen LogP contribution in [0.1, 0.15) is 25.0 Å². The molecule has 0 aliphatic carbocycles. The molecule has 1 N–H and O–H groups in total. The Labute approximate surface area is 112 Å². The van der Waals surface area contributed by atoms with Gasteiger partial charge in [0.1, 0.15) is 5.75 Å². The van der Waals surface area contributed by atoms with Gasteiger partial charge in [-0.25, -0.2) is 0 Å². The third-order valence-electron chi connectivity index (χ3n) is 3.25. The summed E-state index contributed by atoms with van der Waals surface area (Å²) in [5.41, 5.74) is 0.911. The van der Waals surface area contributed by atoms with E-state index in [0.717, 1.165) is 24.3 Å². The first kappa shape index (κ1) is 13.7. The number of aliphatic hydroxyl groups excluding tert-OH is 1. The fraction of sp³-hybridized carbons (Fsp3) is 0.571. The Hall–Kier alpha value is -0.710. The highest BCUT2D eigenvalue weighted by Gasteiger charge is 2.25. The second-order valence-corrected chi connectivity index (χ2v) is 5.80. The van der Waals surface area contributed by atoms with Gasteiger partial charge < -0.3 is 14.6 Å².